The zero-order valence-corrected chi connectivity index (χ0v) is 11.2. The van der Waals surface area contributed by atoms with Gasteiger partial charge in [0.05, 0.1) is 0 Å². The molecular weight excluding hydrogens is 280 g/mol. The second-order valence-electron chi connectivity index (χ2n) is 4.18. The van der Waals surface area contributed by atoms with Crippen LogP contribution in [0.4, 0.5) is 5.69 Å². The van der Waals surface area contributed by atoms with E-state index in [9.17, 15) is 4.79 Å². The minimum absolute atomic E-state index is 0.246. The minimum atomic E-state index is -0.246. The number of fused-ring (bicyclic) bond motifs is 1. The van der Waals surface area contributed by atoms with Gasteiger partial charge in [-0.3, -0.25) is 4.79 Å². The number of nitrogens with zero attached hydrogens (tertiary/aromatic N) is 1. The lowest BCUT2D eigenvalue weighted by Gasteiger charge is -2.18. The quantitative estimate of drug-likeness (QED) is 0.864. The van der Waals surface area contributed by atoms with E-state index < -0.39 is 0 Å². The lowest BCUT2D eigenvalue weighted by atomic mass is 10.1. The summed E-state index contributed by atoms with van der Waals surface area (Å²) in [5, 5.41) is 3.07. The predicted molar refractivity (Wildman–Crippen MR) is 74.6 cm³/mol. The number of anilines is 1. The van der Waals surface area contributed by atoms with Crippen LogP contribution >= 0.6 is 11.6 Å². The lowest BCUT2D eigenvalue weighted by Crippen LogP contribution is -2.17. The van der Waals surface area contributed by atoms with Gasteiger partial charge in [-0.15, -0.1) is 0 Å². The third-order valence-electron chi connectivity index (χ3n) is 2.79. The van der Waals surface area contributed by atoms with Crippen molar-refractivity contribution in [2.45, 2.75) is 0 Å². The van der Waals surface area contributed by atoms with E-state index in [1.54, 1.807) is 30.3 Å². The molecule has 0 fully saturated rings. The number of halogens is 1. The van der Waals surface area contributed by atoms with Crippen LogP contribution < -0.4 is 14.8 Å². The molecule has 0 bridgehead atoms. The van der Waals surface area contributed by atoms with Crippen LogP contribution in [-0.4, -0.2) is 24.1 Å². The molecule has 6 heteroatoms. The highest BCUT2D eigenvalue weighted by Gasteiger charge is 2.15. The molecule has 1 aromatic carbocycles. The second kappa shape index (κ2) is 5.38. The summed E-state index contributed by atoms with van der Waals surface area (Å²) in [6.07, 6.45) is 1.53. The summed E-state index contributed by atoms with van der Waals surface area (Å²) in [6, 6.07) is 8.32. The molecule has 0 unspecified atom stereocenters. The Kier molecular flexibility index (Phi) is 3.43. The van der Waals surface area contributed by atoms with E-state index in [4.69, 9.17) is 21.1 Å². The van der Waals surface area contributed by atoms with Crippen LogP contribution in [0.5, 0.6) is 11.5 Å². The molecule has 0 saturated carbocycles. The van der Waals surface area contributed by atoms with Gasteiger partial charge in [-0.05, 0) is 30.3 Å². The molecule has 0 saturated heterocycles. The Morgan fingerprint density at radius 2 is 1.95 bits per heavy atom. The van der Waals surface area contributed by atoms with E-state index in [-0.39, 0.29) is 5.91 Å². The third kappa shape index (κ3) is 2.67. The highest BCUT2D eigenvalue weighted by molar-refractivity contribution is 6.29. The van der Waals surface area contributed by atoms with Gasteiger partial charge >= 0.3 is 0 Å². The van der Waals surface area contributed by atoms with Crippen molar-refractivity contribution < 1.29 is 14.3 Å². The normalized spacial score (nSPS) is 12.8. The molecular formula is C14H11ClN2O3. The fourth-order valence-corrected chi connectivity index (χ4v) is 2.04. The van der Waals surface area contributed by atoms with Gasteiger partial charge in [0.1, 0.15) is 18.4 Å². The number of carbonyl (C=O) groups excluding carboxylic acids is 1. The Labute approximate surface area is 120 Å². The number of hydrogen-bond acceptors (Lipinski definition) is 4. The first-order chi connectivity index (χ1) is 9.72. The monoisotopic (exact) mass is 290 g/mol. The summed E-state index contributed by atoms with van der Waals surface area (Å²) >= 11 is 5.77. The summed E-state index contributed by atoms with van der Waals surface area (Å²) in [4.78, 5) is 16.0. The average Bonchev–Trinajstić information content (AvgIpc) is 2.47. The topological polar surface area (TPSA) is 60.5 Å². The fraction of sp³-hybridized carbons (Fsp3) is 0.143. The molecule has 1 N–H and O–H groups in total. The van der Waals surface area contributed by atoms with Gasteiger partial charge in [0, 0.05) is 17.4 Å². The number of hydrogen-bond donors (Lipinski definition) is 1. The largest absolute Gasteiger partial charge is 0.486 e. The number of aromatic nitrogens is 1. The third-order valence-corrected chi connectivity index (χ3v) is 3.00. The predicted octanol–water partition coefficient (Wildman–Crippen LogP) is 2.76. The Morgan fingerprint density at radius 1 is 1.15 bits per heavy atom. The number of carbonyl (C=O) groups is 1. The standard InChI is InChI=1S/C14H11ClN2O3/c15-13-8-10(3-4-16-13)17-14(18)9-1-2-11-12(7-9)20-6-5-19-11/h1-4,7-8H,5-6H2,(H,16,17,18). The number of pyridine rings is 1. The molecule has 102 valence electrons. The average molecular weight is 291 g/mol. The van der Waals surface area contributed by atoms with Crippen LogP contribution in [-0.2, 0) is 0 Å². The van der Waals surface area contributed by atoms with Gasteiger partial charge in [-0.25, -0.2) is 4.98 Å². The molecule has 20 heavy (non-hydrogen) atoms. The Hall–Kier alpha value is -2.27. The van der Waals surface area contributed by atoms with Gasteiger partial charge in [0.25, 0.3) is 5.91 Å². The number of amides is 1. The van der Waals surface area contributed by atoms with Crippen LogP contribution in [0.3, 0.4) is 0 Å². The molecule has 1 aliphatic rings. The van der Waals surface area contributed by atoms with Crippen molar-refractivity contribution in [2.24, 2.45) is 0 Å². The molecule has 0 spiro atoms. The lowest BCUT2D eigenvalue weighted by molar-refractivity contribution is 0.102. The van der Waals surface area contributed by atoms with Crippen LogP contribution in [0.2, 0.25) is 5.15 Å². The highest BCUT2D eigenvalue weighted by atomic mass is 35.5. The molecule has 1 aliphatic heterocycles. The number of nitrogens with one attached hydrogen (secondary N) is 1. The van der Waals surface area contributed by atoms with Crippen LogP contribution in [0, 0.1) is 0 Å². The van der Waals surface area contributed by atoms with Crippen molar-refractivity contribution in [2.75, 3.05) is 18.5 Å². The van der Waals surface area contributed by atoms with E-state index in [1.807, 2.05) is 0 Å². The maximum atomic E-state index is 12.1. The molecule has 1 aromatic heterocycles. The zero-order valence-electron chi connectivity index (χ0n) is 10.4. The summed E-state index contributed by atoms with van der Waals surface area (Å²) in [5.74, 6) is 0.987. The van der Waals surface area contributed by atoms with Crippen molar-refractivity contribution in [3.63, 3.8) is 0 Å². The molecule has 1 amide bonds. The van der Waals surface area contributed by atoms with E-state index in [0.717, 1.165) is 0 Å². The highest BCUT2D eigenvalue weighted by Crippen LogP contribution is 2.30. The van der Waals surface area contributed by atoms with Gasteiger partial charge in [-0.2, -0.15) is 0 Å². The van der Waals surface area contributed by atoms with E-state index in [0.29, 0.717) is 41.1 Å². The molecule has 0 atom stereocenters. The van der Waals surface area contributed by atoms with E-state index in [2.05, 4.69) is 10.3 Å². The van der Waals surface area contributed by atoms with Crippen LogP contribution in [0.25, 0.3) is 0 Å². The molecule has 0 aliphatic carbocycles. The second-order valence-corrected chi connectivity index (χ2v) is 4.57. The Morgan fingerprint density at radius 3 is 2.75 bits per heavy atom. The molecule has 2 aromatic rings. The van der Waals surface area contributed by atoms with E-state index in [1.165, 1.54) is 6.20 Å². The van der Waals surface area contributed by atoms with Crippen molar-refractivity contribution in [3.05, 3.63) is 47.2 Å². The van der Waals surface area contributed by atoms with Crippen molar-refractivity contribution in [3.8, 4) is 11.5 Å². The fourth-order valence-electron chi connectivity index (χ4n) is 1.87. The molecule has 0 radical (unpaired) electrons. The maximum absolute atomic E-state index is 12.1. The van der Waals surface area contributed by atoms with Gasteiger partial charge in [0.15, 0.2) is 11.5 Å². The first-order valence-electron chi connectivity index (χ1n) is 6.05. The van der Waals surface area contributed by atoms with Crippen LogP contribution in [0.1, 0.15) is 10.4 Å². The molecule has 5 nitrogen and oxygen atoms in total. The van der Waals surface area contributed by atoms with Gasteiger partial charge < -0.3 is 14.8 Å². The maximum Gasteiger partial charge on any atom is 0.255 e. The summed E-state index contributed by atoms with van der Waals surface area (Å²) in [7, 11) is 0. The smallest absolute Gasteiger partial charge is 0.255 e. The van der Waals surface area contributed by atoms with Crippen molar-refractivity contribution in [1.82, 2.24) is 4.98 Å². The Balaban J connectivity index is 1.80. The van der Waals surface area contributed by atoms with Gasteiger partial charge in [-0.1, -0.05) is 11.6 Å². The SMILES string of the molecule is O=C(Nc1ccnc(Cl)c1)c1ccc2c(c1)OCCO2. The molecule has 3 rings (SSSR count). The minimum Gasteiger partial charge on any atom is -0.486 e. The number of benzene rings is 1. The summed E-state index contributed by atoms with van der Waals surface area (Å²) in [6.45, 7) is 1.01. The van der Waals surface area contributed by atoms with E-state index >= 15 is 0 Å². The molecule has 2 heterocycles. The number of rotatable bonds is 2. The first kappa shape index (κ1) is 12.7. The van der Waals surface area contributed by atoms with Crippen molar-refractivity contribution in [1.29, 1.82) is 0 Å². The van der Waals surface area contributed by atoms with Crippen LogP contribution in [0.15, 0.2) is 36.5 Å². The Bertz CT molecular complexity index is 661. The van der Waals surface area contributed by atoms with Gasteiger partial charge in [0.2, 0.25) is 0 Å². The first-order valence-corrected chi connectivity index (χ1v) is 6.43. The number of ether oxygens (including phenoxy) is 2. The zero-order chi connectivity index (χ0) is 13.9. The summed E-state index contributed by atoms with van der Waals surface area (Å²) < 4.78 is 10.9. The summed E-state index contributed by atoms with van der Waals surface area (Å²) in [5.41, 5.74) is 1.08. The van der Waals surface area contributed by atoms with Crippen molar-refractivity contribution >= 4 is 23.2 Å².